The maximum atomic E-state index is 4.42. The zero-order chi connectivity index (χ0) is 12.7. The van der Waals surface area contributed by atoms with Crippen molar-refractivity contribution in [3.05, 3.63) is 22.7 Å². The minimum atomic E-state index is 0.324. The Bertz CT molecular complexity index is 332. The van der Waals surface area contributed by atoms with Gasteiger partial charge in [-0.05, 0) is 18.9 Å². The van der Waals surface area contributed by atoms with Crippen LogP contribution in [0.15, 0.2) is 12.8 Å². The quantitative estimate of drug-likeness (QED) is 0.601. The van der Waals surface area contributed by atoms with Crippen LogP contribution >= 0.6 is 11.3 Å². The topological polar surface area (TPSA) is 12.9 Å². The van der Waals surface area contributed by atoms with E-state index in [1.807, 2.05) is 17.4 Å². The highest BCUT2D eigenvalue weighted by Gasteiger charge is 2.27. The standard InChI is InChI=1S/C15H25NS/c1-5-8-10-15(4,11-9-6-2)13-12-16-14(7-3)17-13/h7,12H,3,5-6,8-11H2,1-2,4H3. The summed E-state index contributed by atoms with van der Waals surface area (Å²) >= 11 is 1.81. The monoisotopic (exact) mass is 251 g/mol. The highest BCUT2D eigenvalue weighted by Crippen LogP contribution is 2.38. The van der Waals surface area contributed by atoms with Gasteiger partial charge in [-0.25, -0.2) is 4.98 Å². The van der Waals surface area contributed by atoms with Crippen LogP contribution in [0.1, 0.15) is 69.2 Å². The van der Waals surface area contributed by atoms with Gasteiger partial charge in [0.25, 0.3) is 0 Å². The third-order valence-electron chi connectivity index (χ3n) is 3.46. The van der Waals surface area contributed by atoms with Gasteiger partial charge in [-0.1, -0.05) is 53.0 Å². The molecule has 0 aliphatic rings. The number of nitrogens with zero attached hydrogens (tertiary/aromatic N) is 1. The smallest absolute Gasteiger partial charge is 0.115 e. The van der Waals surface area contributed by atoms with Gasteiger partial charge in [0.1, 0.15) is 5.01 Å². The van der Waals surface area contributed by atoms with Crippen molar-refractivity contribution in [1.82, 2.24) is 4.98 Å². The number of aromatic nitrogens is 1. The summed E-state index contributed by atoms with van der Waals surface area (Å²) in [5.41, 5.74) is 0.324. The molecule has 96 valence electrons. The van der Waals surface area contributed by atoms with Crippen LogP contribution in [-0.2, 0) is 5.41 Å². The fourth-order valence-electron chi connectivity index (χ4n) is 2.17. The third kappa shape index (κ3) is 3.95. The first-order chi connectivity index (χ1) is 8.16. The highest BCUT2D eigenvalue weighted by molar-refractivity contribution is 7.12. The van der Waals surface area contributed by atoms with Crippen molar-refractivity contribution in [2.45, 2.75) is 64.7 Å². The number of rotatable bonds is 8. The van der Waals surface area contributed by atoms with Gasteiger partial charge < -0.3 is 0 Å². The molecular weight excluding hydrogens is 226 g/mol. The summed E-state index contributed by atoms with van der Waals surface area (Å²) in [7, 11) is 0. The van der Waals surface area contributed by atoms with Crippen molar-refractivity contribution in [2.75, 3.05) is 0 Å². The second kappa shape index (κ2) is 6.95. The van der Waals surface area contributed by atoms with E-state index in [9.17, 15) is 0 Å². The normalized spacial score (nSPS) is 11.7. The Hall–Kier alpha value is -0.630. The maximum Gasteiger partial charge on any atom is 0.115 e. The average molecular weight is 251 g/mol. The molecule has 0 spiro atoms. The van der Waals surface area contributed by atoms with Gasteiger partial charge in [-0.2, -0.15) is 0 Å². The van der Waals surface area contributed by atoms with Crippen molar-refractivity contribution in [3.8, 4) is 0 Å². The van der Waals surface area contributed by atoms with Crippen molar-refractivity contribution in [2.24, 2.45) is 0 Å². The summed E-state index contributed by atoms with van der Waals surface area (Å²) in [4.78, 5) is 5.86. The van der Waals surface area contributed by atoms with Crippen LogP contribution in [0.25, 0.3) is 6.08 Å². The molecule has 0 N–H and O–H groups in total. The molecule has 0 unspecified atom stereocenters. The van der Waals surface area contributed by atoms with Gasteiger partial charge in [-0.3, -0.25) is 0 Å². The first-order valence-electron chi connectivity index (χ1n) is 6.75. The van der Waals surface area contributed by atoms with E-state index < -0.39 is 0 Å². The zero-order valence-electron chi connectivity index (χ0n) is 11.5. The molecule has 17 heavy (non-hydrogen) atoms. The molecule has 1 heterocycles. The molecule has 0 aliphatic carbocycles. The summed E-state index contributed by atoms with van der Waals surface area (Å²) in [5.74, 6) is 0. The Morgan fingerprint density at radius 2 is 1.88 bits per heavy atom. The molecule has 1 aromatic rings. The van der Waals surface area contributed by atoms with E-state index in [0.717, 1.165) is 5.01 Å². The molecule has 0 atom stereocenters. The second-order valence-corrected chi connectivity index (χ2v) is 6.10. The number of hydrogen-bond donors (Lipinski definition) is 0. The number of thiazole rings is 1. The van der Waals surface area contributed by atoms with Crippen molar-refractivity contribution >= 4 is 17.4 Å². The summed E-state index contributed by atoms with van der Waals surface area (Å²) in [6, 6.07) is 0. The van der Waals surface area contributed by atoms with Crippen molar-refractivity contribution < 1.29 is 0 Å². The zero-order valence-corrected chi connectivity index (χ0v) is 12.3. The lowest BCUT2D eigenvalue weighted by molar-refractivity contribution is 0.380. The SMILES string of the molecule is C=Cc1ncc(C(C)(CCCC)CCCC)s1. The van der Waals surface area contributed by atoms with Gasteiger partial charge in [0.15, 0.2) is 0 Å². The van der Waals surface area contributed by atoms with Crippen LogP contribution in [0, 0.1) is 0 Å². The largest absolute Gasteiger partial charge is 0.245 e. The Morgan fingerprint density at radius 3 is 2.29 bits per heavy atom. The van der Waals surface area contributed by atoms with E-state index in [1.54, 1.807) is 0 Å². The predicted octanol–water partition coefficient (Wildman–Crippen LogP) is 5.42. The number of unbranched alkanes of at least 4 members (excludes halogenated alkanes) is 2. The summed E-state index contributed by atoms with van der Waals surface area (Å²) in [5, 5.41) is 1.05. The summed E-state index contributed by atoms with van der Waals surface area (Å²) in [6.45, 7) is 10.7. The van der Waals surface area contributed by atoms with Gasteiger partial charge >= 0.3 is 0 Å². The van der Waals surface area contributed by atoms with Gasteiger partial charge in [0.2, 0.25) is 0 Å². The molecule has 0 amide bonds. The fourth-order valence-corrected chi connectivity index (χ4v) is 3.14. The molecule has 1 aromatic heterocycles. The van der Waals surface area contributed by atoms with E-state index >= 15 is 0 Å². The van der Waals surface area contributed by atoms with E-state index in [1.165, 1.54) is 43.4 Å². The lowest BCUT2D eigenvalue weighted by atomic mass is 9.79. The van der Waals surface area contributed by atoms with Crippen LogP contribution < -0.4 is 0 Å². The van der Waals surface area contributed by atoms with E-state index in [4.69, 9.17) is 0 Å². The molecule has 0 saturated heterocycles. The van der Waals surface area contributed by atoms with Crippen LogP contribution in [0.4, 0.5) is 0 Å². The molecule has 0 aromatic carbocycles. The second-order valence-electron chi connectivity index (χ2n) is 5.03. The van der Waals surface area contributed by atoms with Crippen molar-refractivity contribution in [1.29, 1.82) is 0 Å². The van der Waals surface area contributed by atoms with Gasteiger partial charge in [-0.15, -0.1) is 11.3 Å². The molecule has 0 aliphatic heterocycles. The molecule has 0 saturated carbocycles. The lowest BCUT2D eigenvalue weighted by Crippen LogP contribution is -2.20. The Labute approximate surface area is 110 Å². The summed E-state index contributed by atoms with van der Waals surface area (Å²) in [6.07, 6.45) is 11.6. The van der Waals surface area contributed by atoms with Crippen LogP contribution in [0.3, 0.4) is 0 Å². The molecule has 0 radical (unpaired) electrons. The molecule has 1 nitrogen and oxygen atoms in total. The minimum absolute atomic E-state index is 0.324. The Morgan fingerprint density at radius 1 is 1.29 bits per heavy atom. The van der Waals surface area contributed by atoms with Crippen LogP contribution in [0.5, 0.6) is 0 Å². The first-order valence-corrected chi connectivity index (χ1v) is 7.56. The summed E-state index contributed by atoms with van der Waals surface area (Å²) < 4.78 is 0. The van der Waals surface area contributed by atoms with Crippen LogP contribution in [0.2, 0.25) is 0 Å². The van der Waals surface area contributed by atoms with Crippen LogP contribution in [-0.4, -0.2) is 4.98 Å². The first kappa shape index (κ1) is 14.4. The number of hydrogen-bond acceptors (Lipinski definition) is 2. The fraction of sp³-hybridized carbons (Fsp3) is 0.667. The Balaban J connectivity index is 2.83. The van der Waals surface area contributed by atoms with Gasteiger partial charge in [0.05, 0.1) is 0 Å². The van der Waals surface area contributed by atoms with E-state index in [2.05, 4.69) is 38.5 Å². The van der Waals surface area contributed by atoms with E-state index in [-0.39, 0.29) is 0 Å². The maximum absolute atomic E-state index is 4.42. The molecule has 0 bridgehead atoms. The highest BCUT2D eigenvalue weighted by atomic mass is 32.1. The molecular formula is C15H25NS. The molecule has 0 fully saturated rings. The molecule has 1 rings (SSSR count). The van der Waals surface area contributed by atoms with E-state index in [0.29, 0.717) is 5.41 Å². The van der Waals surface area contributed by atoms with Gasteiger partial charge in [0, 0.05) is 16.5 Å². The molecule has 2 heteroatoms. The Kier molecular flexibility index (Phi) is 5.90. The lowest BCUT2D eigenvalue weighted by Gasteiger charge is -2.28. The predicted molar refractivity (Wildman–Crippen MR) is 78.6 cm³/mol. The van der Waals surface area contributed by atoms with Crippen molar-refractivity contribution in [3.63, 3.8) is 0 Å². The minimum Gasteiger partial charge on any atom is -0.245 e. The average Bonchev–Trinajstić information content (AvgIpc) is 2.83. The third-order valence-corrected chi connectivity index (χ3v) is 4.76.